The van der Waals surface area contributed by atoms with Crippen LogP contribution in [0.2, 0.25) is 0 Å². The van der Waals surface area contributed by atoms with Gasteiger partial charge in [0.15, 0.2) is 0 Å². The molecule has 1 heteroatoms. The minimum absolute atomic E-state index is 1.17. The average molecular weight is 252 g/mol. The van der Waals surface area contributed by atoms with Gasteiger partial charge in [0.2, 0.25) is 0 Å². The zero-order chi connectivity index (χ0) is 12.4. The smallest absolute Gasteiger partial charge is 0.0381 e. The summed E-state index contributed by atoms with van der Waals surface area (Å²) in [6.07, 6.45) is 2.38. The molecule has 0 nitrogen and oxygen atoms in total. The normalized spacial score (nSPS) is 10.9. The second-order valence-corrected chi connectivity index (χ2v) is 5.44. The Labute approximate surface area is 112 Å². The third kappa shape index (κ3) is 1.95. The predicted molar refractivity (Wildman–Crippen MR) is 81.3 cm³/mol. The molecule has 0 spiro atoms. The van der Waals surface area contributed by atoms with E-state index in [9.17, 15) is 0 Å². The molecule has 3 rings (SSSR count). The van der Waals surface area contributed by atoms with Gasteiger partial charge in [-0.3, -0.25) is 0 Å². The van der Waals surface area contributed by atoms with Gasteiger partial charge in [0, 0.05) is 15.6 Å². The monoisotopic (exact) mass is 252 g/mol. The summed E-state index contributed by atoms with van der Waals surface area (Å²) in [4.78, 5) is 0. The van der Waals surface area contributed by atoms with E-state index in [4.69, 9.17) is 0 Å². The molecule has 90 valence electrons. The maximum atomic E-state index is 2.29. The lowest BCUT2D eigenvalue weighted by Gasteiger charge is -2.02. The Kier molecular flexibility index (Phi) is 3.16. The van der Waals surface area contributed by atoms with Gasteiger partial charge in [0.25, 0.3) is 0 Å². The Morgan fingerprint density at radius 3 is 2.56 bits per heavy atom. The number of hydrogen-bond donors (Lipinski definition) is 0. The van der Waals surface area contributed by atoms with Crippen molar-refractivity contribution in [2.45, 2.75) is 19.8 Å². The van der Waals surface area contributed by atoms with E-state index in [0.717, 1.165) is 0 Å². The van der Waals surface area contributed by atoms with E-state index in [2.05, 4.69) is 60.8 Å². The fourth-order valence-electron chi connectivity index (χ4n) is 2.42. The molecule has 0 unspecified atom stereocenters. The molecule has 18 heavy (non-hydrogen) atoms. The second kappa shape index (κ2) is 4.95. The van der Waals surface area contributed by atoms with Crippen LogP contribution < -0.4 is 0 Å². The largest absolute Gasteiger partial charge is 0.143 e. The minimum Gasteiger partial charge on any atom is -0.143 e. The first-order valence-corrected chi connectivity index (χ1v) is 7.32. The standard InChI is InChI=1S/C17H16S/c1-2-7-14-10-6-11-15-16(12-18-17(14)15)13-8-4-3-5-9-13/h3-6,8-12H,2,7H2,1H3. The second-order valence-electron chi connectivity index (χ2n) is 4.56. The fourth-order valence-corrected chi connectivity index (χ4v) is 3.55. The lowest BCUT2D eigenvalue weighted by molar-refractivity contribution is 0.931. The first-order chi connectivity index (χ1) is 8.90. The molecule has 0 atom stereocenters. The summed E-state index contributed by atoms with van der Waals surface area (Å²) in [7, 11) is 0. The molecule has 0 N–H and O–H groups in total. The lowest BCUT2D eigenvalue weighted by atomic mass is 10.0. The van der Waals surface area contributed by atoms with Gasteiger partial charge in [-0.1, -0.05) is 61.9 Å². The van der Waals surface area contributed by atoms with E-state index >= 15 is 0 Å². The van der Waals surface area contributed by atoms with Crippen molar-refractivity contribution in [3.8, 4) is 11.1 Å². The maximum absolute atomic E-state index is 2.29. The van der Waals surface area contributed by atoms with Crippen LogP contribution in [0, 0.1) is 0 Å². The van der Waals surface area contributed by atoms with E-state index < -0.39 is 0 Å². The molecule has 1 aromatic heterocycles. The van der Waals surface area contributed by atoms with E-state index in [1.165, 1.54) is 39.6 Å². The number of rotatable bonds is 3. The molecule has 3 aromatic rings. The first-order valence-electron chi connectivity index (χ1n) is 6.44. The van der Waals surface area contributed by atoms with Crippen LogP contribution >= 0.6 is 11.3 Å². The van der Waals surface area contributed by atoms with Crippen LogP contribution in [0.15, 0.2) is 53.9 Å². The van der Waals surface area contributed by atoms with Crippen LogP contribution in [0.25, 0.3) is 21.2 Å². The molecule has 0 aliphatic carbocycles. The number of benzene rings is 2. The third-order valence-corrected chi connectivity index (χ3v) is 4.36. The summed E-state index contributed by atoms with van der Waals surface area (Å²) in [5.74, 6) is 0. The predicted octanol–water partition coefficient (Wildman–Crippen LogP) is 5.52. The minimum atomic E-state index is 1.17. The van der Waals surface area contributed by atoms with Crippen LogP contribution in [-0.2, 0) is 6.42 Å². The van der Waals surface area contributed by atoms with Gasteiger partial charge in [-0.15, -0.1) is 11.3 Å². The number of aryl methyl sites for hydroxylation is 1. The van der Waals surface area contributed by atoms with Gasteiger partial charge in [0.05, 0.1) is 0 Å². The molecule has 0 aliphatic rings. The molecule has 0 aliphatic heterocycles. The van der Waals surface area contributed by atoms with Crippen molar-refractivity contribution in [2.75, 3.05) is 0 Å². The van der Waals surface area contributed by atoms with E-state index in [1.807, 2.05) is 11.3 Å². The van der Waals surface area contributed by atoms with Gasteiger partial charge in [0.1, 0.15) is 0 Å². The van der Waals surface area contributed by atoms with E-state index in [-0.39, 0.29) is 0 Å². The van der Waals surface area contributed by atoms with Gasteiger partial charge in [-0.2, -0.15) is 0 Å². The molecule has 0 amide bonds. The van der Waals surface area contributed by atoms with Crippen molar-refractivity contribution in [3.05, 3.63) is 59.5 Å². The van der Waals surface area contributed by atoms with Crippen LogP contribution in [0.4, 0.5) is 0 Å². The molecule has 0 fully saturated rings. The molecular formula is C17H16S. The Hall–Kier alpha value is -1.60. The van der Waals surface area contributed by atoms with Crippen LogP contribution in [-0.4, -0.2) is 0 Å². The third-order valence-electron chi connectivity index (χ3n) is 3.29. The van der Waals surface area contributed by atoms with Gasteiger partial charge in [-0.05, 0) is 22.9 Å². The highest BCUT2D eigenvalue weighted by molar-refractivity contribution is 7.18. The molecule has 0 bridgehead atoms. The van der Waals surface area contributed by atoms with Crippen molar-refractivity contribution < 1.29 is 0 Å². The number of thiophene rings is 1. The van der Waals surface area contributed by atoms with Crippen molar-refractivity contribution >= 4 is 21.4 Å². The molecule has 1 heterocycles. The Morgan fingerprint density at radius 1 is 0.944 bits per heavy atom. The first kappa shape index (κ1) is 11.5. The summed E-state index contributed by atoms with van der Waals surface area (Å²) >= 11 is 1.88. The van der Waals surface area contributed by atoms with Crippen molar-refractivity contribution in [1.82, 2.24) is 0 Å². The summed E-state index contributed by atoms with van der Waals surface area (Å²) < 4.78 is 1.46. The van der Waals surface area contributed by atoms with Gasteiger partial charge in [-0.25, -0.2) is 0 Å². The summed E-state index contributed by atoms with van der Waals surface area (Å²) in [6, 6.07) is 17.4. The SMILES string of the molecule is CCCc1cccc2c(-c3ccccc3)csc12. The van der Waals surface area contributed by atoms with Crippen molar-refractivity contribution in [2.24, 2.45) is 0 Å². The molecule has 0 radical (unpaired) electrons. The molecule has 2 aromatic carbocycles. The zero-order valence-corrected chi connectivity index (χ0v) is 11.3. The van der Waals surface area contributed by atoms with Gasteiger partial charge < -0.3 is 0 Å². The zero-order valence-electron chi connectivity index (χ0n) is 10.5. The maximum Gasteiger partial charge on any atom is 0.0381 e. The Balaban J connectivity index is 2.18. The van der Waals surface area contributed by atoms with E-state index in [0.29, 0.717) is 0 Å². The summed E-state index contributed by atoms with van der Waals surface area (Å²) in [5, 5.41) is 3.69. The van der Waals surface area contributed by atoms with Gasteiger partial charge >= 0.3 is 0 Å². The average Bonchev–Trinajstić information content (AvgIpc) is 2.85. The van der Waals surface area contributed by atoms with Crippen LogP contribution in [0.5, 0.6) is 0 Å². The Morgan fingerprint density at radius 2 is 1.78 bits per heavy atom. The summed E-state index contributed by atoms with van der Waals surface area (Å²) in [6.45, 7) is 2.24. The molecule has 0 saturated heterocycles. The molecule has 0 saturated carbocycles. The Bertz CT molecular complexity index is 650. The lowest BCUT2D eigenvalue weighted by Crippen LogP contribution is -1.82. The van der Waals surface area contributed by atoms with Crippen molar-refractivity contribution in [1.29, 1.82) is 0 Å². The fraction of sp³-hybridized carbons (Fsp3) is 0.176. The van der Waals surface area contributed by atoms with Crippen LogP contribution in [0.3, 0.4) is 0 Å². The highest BCUT2D eigenvalue weighted by atomic mass is 32.1. The summed E-state index contributed by atoms with van der Waals surface area (Å²) in [5.41, 5.74) is 4.17. The quantitative estimate of drug-likeness (QED) is 0.575. The van der Waals surface area contributed by atoms with Crippen LogP contribution in [0.1, 0.15) is 18.9 Å². The topological polar surface area (TPSA) is 0 Å². The van der Waals surface area contributed by atoms with E-state index in [1.54, 1.807) is 0 Å². The highest BCUT2D eigenvalue weighted by Crippen LogP contribution is 2.36. The number of fused-ring (bicyclic) bond motifs is 1. The van der Waals surface area contributed by atoms with Crippen molar-refractivity contribution in [3.63, 3.8) is 0 Å². The molecular weight excluding hydrogens is 236 g/mol. The highest BCUT2D eigenvalue weighted by Gasteiger charge is 2.08. The number of hydrogen-bond acceptors (Lipinski definition) is 1.